The maximum Gasteiger partial charge on any atom is 0.258 e. The maximum atomic E-state index is 12.1. The Morgan fingerprint density at radius 2 is 1.64 bits per heavy atom. The summed E-state index contributed by atoms with van der Waals surface area (Å²) < 4.78 is 6.72. The fraction of sp³-hybridized carbons (Fsp3) is 0.435. The second-order valence-corrected chi connectivity index (χ2v) is 8.38. The number of halogens is 1. The molecule has 5 heteroatoms. The first-order valence-corrected chi connectivity index (χ1v) is 10.8. The van der Waals surface area contributed by atoms with Crippen LogP contribution in [0.4, 0.5) is 0 Å². The Labute approximate surface area is 176 Å². The van der Waals surface area contributed by atoms with E-state index < -0.39 is 0 Å². The first-order chi connectivity index (χ1) is 13.5. The van der Waals surface area contributed by atoms with Gasteiger partial charge in [-0.3, -0.25) is 9.69 Å². The number of hydrogen-bond acceptors (Lipinski definition) is 3. The number of carbonyl (C=O) groups is 1. The molecule has 1 saturated heterocycles. The van der Waals surface area contributed by atoms with E-state index in [1.54, 1.807) is 0 Å². The molecule has 1 heterocycles. The summed E-state index contributed by atoms with van der Waals surface area (Å²) >= 11 is 3.54. The number of aryl methyl sites for hydroxylation is 2. The zero-order chi connectivity index (χ0) is 19.9. The molecule has 0 saturated carbocycles. The molecule has 1 aliphatic rings. The third kappa shape index (κ3) is 6.08. The lowest BCUT2D eigenvalue weighted by Gasteiger charge is -2.26. The Kier molecular flexibility index (Phi) is 7.51. The average molecular weight is 445 g/mol. The molecule has 0 radical (unpaired) electrons. The standard InChI is InChI=1S/C23H29BrN2O2/c1-17-12-21(13-18(2)23(17)24)28-16-22(27)25-14-19-6-8-20(9-7-19)15-26-10-4-3-5-11-26/h6-9,12-13H,3-5,10-11,14-16H2,1-2H3,(H,25,27). The molecule has 0 unspecified atom stereocenters. The number of carbonyl (C=O) groups excluding carboxylic acids is 1. The molecule has 28 heavy (non-hydrogen) atoms. The van der Waals surface area contributed by atoms with Gasteiger partial charge >= 0.3 is 0 Å². The number of rotatable bonds is 7. The second kappa shape index (κ2) is 10.1. The van der Waals surface area contributed by atoms with E-state index in [1.807, 2.05) is 26.0 Å². The first-order valence-electron chi connectivity index (χ1n) is 9.97. The molecule has 3 rings (SSSR count). The van der Waals surface area contributed by atoms with Crippen LogP contribution in [0.15, 0.2) is 40.9 Å². The largest absolute Gasteiger partial charge is 0.484 e. The quantitative estimate of drug-likeness (QED) is 0.669. The molecule has 150 valence electrons. The molecule has 2 aromatic carbocycles. The number of hydrogen-bond donors (Lipinski definition) is 1. The van der Waals surface area contributed by atoms with Crippen LogP contribution in [0.1, 0.15) is 41.5 Å². The molecule has 0 bridgehead atoms. The first kappa shape index (κ1) is 20.9. The number of nitrogens with one attached hydrogen (secondary N) is 1. The van der Waals surface area contributed by atoms with Crippen LogP contribution in [0.5, 0.6) is 5.75 Å². The van der Waals surface area contributed by atoms with Crippen molar-refractivity contribution in [3.05, 3.63) is 63.1 Å². The van der Waals surface area contributed by atoms with Crippen molar-refractivity contribution in [2.75, 3.05) is 19.7 Å². The summed E-state index contributed by atoms with van der Waals surface area (Å²) in [5.74, 6) is 0.603. The minimum atomic E-state index is -0.115. The maximum absolute atomic E-state index is 12.1. The summed E-state index contributed by atoms with van der Waals surface area (Å²) in [5.41, 5.74) is 4.63. The predicted molar refractivity (Wildman–Crippen MR) is 117 cm³/mol. The van der Waals surface area contributed by atoms with Crippen molar-refractivity contribution in [3.8, 4) is 5.75 Å². The average Bonchev–Trinajstić information content (AvgIpc) is 2.70. The normalized spacial score (nSPS) is 14.7. The lowest BCUT2D eigenvalue weighted by atomic mass is 10.1. The summed E-state index contributed by atoms with van der Waals surface area (Å²) in [4.78, 5) is 14.6. The molecule has 1 amide bonds. The fourth-order valence-electron chi connectivity index (χ4n) is 3.53. The minimum Gasteiger partial charge on any atom is -0.484 e. The zero-order valence-corrected chi connectivity index (χ0v) is 18.3. The van der Waals surface area contributed by atoms with Crippen molar-refractivity contribution in [1.82, 2.24) is 10.2 Å². The highest BCUT2D eigenvalue weighted by Crippen LogP contribution is 2.26. The SMILES string of the molecule is Cc1cc(OCC(=O)NCc2ccc(CN3CCCCC3)cc2)cc(C)c1Br. The molecule has 1 aliphatic heterocycles. The van der Waals surface area contributed by atoms with Gasteiger partial charge in [-0.2, -0.15) is 0 Å². The molecule has 1 N–H and O–H groups in total. The van der Waals surface area contributed by atoms with Crippen LogP contribution in [0.25, 0.3) is 0 Å². The van der Waals surface area contributed by atoms with Crippen LogP contribution >= 0.6 is 15.9 Å². The van der Waals surface area contributed by atoms with Crippen LogP contribution in [-0.4, -0.2) is 30.5 Å². The Hall–Kier alpha value is -1.85. The Balaban J connectivity index is 1.42. The number of nitrogens with zero attached hydrogens (tertiary/aromatic N) is 1. The van der Waals surface area contributed by atoms with E-state index in [2.05, 4.69) is 50.4 Å². The highest BCUT2D eigenvalue weighted by atomic mass is 79.9. The molecule has 1 fully saturated rings. The van der Waals surface area contributed by atoms with Gasteiger partial charge in [0, 0.05) is 17.6 Å². The van der Waals surface area contributed by atoms with E-state index >= 15 is 0 Å². The molecular formula is C23H29BrN2O2. The van der Waals surface area contributed by atoms with Crippen LogP contribution < -0.4 is 10.1 Å². The number of amides is 1. The van der Waals surface area contributed by atoms with Gasteiger partial charge in [-0.25, -0.2) is 0 Å². The highest BCUT2D eigenvalue weighted by Gasteiger charge is 2.10. The summed E-state index contributed by atoms with van der Waals surface area (Å²) in [6, 6.07) is 12.4. The van der Waals surface area contributed by atoms with Gasteiger partial charge in [0.2, 0.25) is 0 Å². The van der Waals surface area contributed by atoms with Crippen molar-refractivity contribution in [3.63, 3.8) is 0 Å². The molecule has 4 nitrogen and oxygen atoms in total. The van der Waals surface area contributed by atoms with E-state index in [1.165, 1.54) is 37.9 Å². The van der Waals surface area contributed by atoms with Gasteiger partial charge in [-0.1, -0.05) is 46.6 Å². The van der Waals surface area contributed by atoms with Gasteiger partial charge in [-0.15, -0.1) is 0 Å². The molecule has 0 atom stereocenters. The van der Waals surface area contributed by atoms with Crippen molar-refractivity contribution in [1.29, 1.82) is 0 Å². The third-order valence-corrected chi connectivity index (χ3v) is 6.40. The Bertz CT molecular complexity index is 776. The van der Waals surface area contributed by atoms with Gasteiger partial charge in [0.25, 0.3) is 5.91 Å². The van der Waals surface area contributed by atoms with Crippen LogP contribution in [0.2, 0.25) is 0 Å². The summed E-state index contributed by atoms with van der Waals surface area (Å²) in [6.45, 7) is 7.99. The van der Waals surface area contributed by atoms with Gasteiger partial charge in [0.15, 0.2) is 6.61 Å². The van der Waals surface area contributed by atoms with Gasteiger partial charge in [0.05, 0.1) is 0 Å². The Morgan fingerprint density at radius 1 is 1.04 bits per heavy atom. The van der Waals surface area contributed by atoms with E-state index in [0.717, 1.165) is 33.5 Å². The van der Waals surface area contributed by atoms with E-state index in [0.29, 0.717) is 6.54 Å². The predicted octanol–water partition coefficient (Wildman–Crippen LogP) is 4.75. The van der Waals surface area contributed by atoms with Crippen LogP contribution in [0.3, 0.4) is 0 Å². The van der Waals surface area contributed by atoms with Crippen molar-refractivity contribution < 1.29 is 9.53 Å². The highest BCUT2D eigenvalue weighted by molar-refractivity contribution is 9.10. The number of piperidine rings is 1. The zero-order valence-electron chi connectivity index (χ0n) is 16.8. The summed E-state index contributed by atoms with van der Waals surface area (Å²) in [7, 11) is 0. The number of likely N-dealkylation sites (tertiary alicyclic amines) is 1. The molecule has 0 aliphatic carbocycles. The lowest BCUT2D eigenvalue weighted by molar-refractivity contribution is -0.123. The van der Waals surface area contributed by atoms with Crippen molar-refractivity contribution in [2.45, 2.75) is 46.2 Å². The van der Waals surface area contributed by atoms with Crippen LogP contribution in [0, 0.1) is 13.8 Å². The minimum absolute atomic E-state index is 0.0214. The van der Waals surface area contributed by atoms with E-state index in [4.69, 9.17) is 4.74 Å². The molecular weight excluding hydrogens is 416 g/mol. The Morgan fingerprint density at radius 3 is 2.29 bits per heavy atom. The third-order valence-electron chi connectivity index (χ3n) is 5.15. The van der Waals surface area contributed by atoms with Crippen molar-refractivity contribution in [2.24, 2.45) is 0 Å². The fourth-order valence-corrected chi connectivity index (χ4v) is 3.76. The smallest absolute Gasteiger partial charge is 0.258 e. The molecule has 0 spiro atoms. The summed E-state index contributed by atoms with van der Waals surface area (Å²) in [5, 5.41) is 2.93. The van der Waals surface area contributed by atoms with Crippen molar-refractivity contribution >= 4 is 21.8 Å². The number of ether oxygens (including phenoxy) is 1. The van der Waals surface area contributed by atoms with E-state index in [9.17, 15) is 4.79 Å². The van der Waals surface area contributed by atoms with Gasteiger partial charge in [0.1, 0.15) is 5.75 Å². The second-order valence-electron chi connectivity index (χ2n) is 7.59. The lowest BCUT2D eigenvalue weighted by Crippen LogP contribution is -2.29. The van der Waals surface area contributed by atoms with Crippen LogP contribution in [-0.2, 0) is 17.9 Å². The monoisotopic (exact) mass is 444 g/mol. The van der Waals surface area contributed by atoms with E-state index in [-0.39, 0.29) is 12.5 Å². The van der Waals surface area contributed by atoms with Gasteiger partial charge < -0.3 is 10.1 Å². The van der Waals surface area contributed by atoms with Gasteiger partial charge in [-0.05, 0) is 74.2 Å². The number of benzene rings is 2. The topological polar surface area (TPSA) is 41.6 Å². The molecule has 2 aromatic rings. The summed E-state index contributed by atoms with van der Waals surface area (Å²) in [6.07, 6.45) is 3.98. The molecule has 0 aromatic heterocycles.